The van der Waals surface area contributed by atoms with Gasteiger partial charge in [-0.3, -0.25) is 14.8 Å². The van der Waals surface area contributed by atoms with Crippen molar-refractivity contribution in [3.05, 3.63) is 40.2 Å². The molecule has 2 atom stereocenters. The Morgan fingerprint density at radius 1 is 1.21 bits per heavy atom. The fourth-order valence-corrected chi connectivity index (χ4v) is 4.38. The second kappa shape index (κ2) is 5.83. The van der Waals surface area contributed by atoms with Gasteiger partial charge in [-0.1, -0.05) is 0 Å². The Morgan fingerprint density at radius 2 is 1.92 bits per heavy atom. The Hall–Kier alpha value is -2.54. The summed E-state index contributed by atoms with van der Waals surface area (Å²) in [5.74, 6) is -3.97. The molecule has 124 valence electrons. The van der Waals surface area contributed by atoms with E-state index in [1.54, 1.807) is 20.0 Å². The first-order valence-electron chi connectivity index (χ1n) is 7.37. The van der Waals surface area contributed by atoms with E-state index in [1.807, 2.05) is 18.4 Å². The van der Waals surface area contributed by atoms with E-state index in [1.165, 1.54) is 11.3 Å². The van der Waals surface area contributed by atoms with E-state index in [4.69, 9.17) is 0 Å². The molecule has 0 aliphatic carbocycles. The van der Waals surface area contributed by atoms with Crippen molar-refractivity contribution in [3.8, 4) is 0 Å². The molecule has 2 N–H and O–H groups in total. The summed E-state index contributed by atoms with van der Waals surface area (Å²) in [6.07, 6.45) is 1.66. The number of nitrogens with zero attached hydrogens (tertiary/aromatic N) is 2. The van der Waals surface area contributed by atoms with Crippen LogP contribution in [-0.4, -0.2) is 32.8 Å². The molecule has 1 aliphatic heterocycles. The third kappa shape index (κ3) is 2.41. The second-order valence-corrected chi connectivity index (χ2v) is 6.69. The molecule has 0 saturated carbocycles. The van der Waals surface area contributed by atoms with Crippen molar-refractivity contribution in [1.82, 2.24) is 4.98 Å². The van der Waals surface area contributed by atoms with Gasteiger partial charge in [0.2, 0.25) is 0 Å². The number of fused-ring (bicyclic) bond motifs is 1. The Balaban J connectivity index is 2.31. The van der Waals surface area contributed by atoms with E-state index in [9.17, 15) is 19.8 Å². The van der Waals surface area contributed by atoms with Crippen LogP contribution in [0.4, 0.5) is 0 Å². The first-order valence-corrected chi connectivity index (χ1v) is 8.25. The molecule has 2 aromatic rings. The summed E-state index contributed by atoms with van der Waals surface area (Å²) < 4.78 is 0.944. The van der Waals surface area contributed by atoms with Gasteiger partial charge in [-0.15, -0.1) is 11.3 Å². The van der Waals surface area contributed by atoms with Crippen LogP contribution >= 0.6 is 11.3 Å². The third-order valence-corrected chi connectivity index (χ3v) is 5.48. The van der Waals surface area contributed by atoms with E-state index in [0.717, 1.165) is 15.8 Å². The van der Waals surface area contributed by atoms with Gasteiger partial charge in [0.15, 0.2) is 0 Å². The Labute approximate surface area is 142 Å². The summed E-state index contributed by atoms with van der Waals surface area (Å²) in [4.78, 5) is 32.1. The molecule has 0 aromatic carbocycles. The van der Waals surface area contributed by atoms with Crippen LogP contribution < -0.4 is 0 Å². The van der Waals surface area contributed by atoms with Gasteiger partial charge in [-0.25, -0.2) is 4.79 Å². The number of rotatable bonds is 3. The molecule has 1 aliphatic rings. The van der Waals surface area contributed by atoms with Crippen LogP contribution in [0.3, 0.4) is 0 Å². The molecular weight excluding hydrogens is 328 g/mol. The number of aryl methyl sites for hydroxylation is 1. The summed E-state index contributed by atoms with van der Waals surface area (Å²) >= 11 is 1.45. The summed E-state index contributed by atoms with van der Waals surface area (Å²) in [6.45, 7) is 5.12. The number of thiophene rings is 1. The standard InChI is InChI=1S/C17H16N2O4S/c1-7-12(16(20)21)14(13(17(22)23)8(2)19-7)11-6-24-15-9(3)18-5-4-10(11)15/h4-6,12,14H,1-3H3,(H,20,21)(H,22,23). The van der Waals surface area contributed by atoms with Gasteiger partial charge < -0.3 is 10.2 Å². The molecular formula is C17H16N2O4S. The van der Waals surface area contributed by atoms with E-state index in [0.29, 0.717) is 17.0 Å². The Bertz CT molecular complexity index is 926. The lowest BCUT2D eigenvalue weighted by Crippen LogP contribution is -2.34. The zero-order chi connectivity index (χ0) is 17.6. The lowest BCUT2D eigenvalue weighted by Gasteiger charge is -2.29. The lowest BCUT2D eigenvalue weighted by atomic mass is 9.75. The highest BCUT2D eigenvalue weighted by Gasteiger charge is 2.42. The first-order chi connectivity index (χ1) is 11.3. The summed E-state index contributed by atoms with van der Waals surface area (Å²) in [6, 6.07) is 1.81. The molecule has 3 heterocycles. The highest BCUT2D eigenvalue weighted by molar-refractivity contribution is 7.17. The number of hydrogen-bond donors (Lipinski definition) is 2. The highest BCUT2D eigenvalue weighted by atomic mass is 32.1. The molecule has 24 heavy (non-hydrogen) atoms. The van der Waals surface area contributed by atoms with Crippen molar-refractivity contribution < 1.29 is 19.8 Å². The van der Waals surface area contributed by atoms with Crippen molar-refractivity contribution in [2.45, 2.75) is 26.7 Å². The number of carboxylic acids is 2. The van der Waals surface area contributed by atoms with Crippen molar-refractivity contribution in [2.24, 2.45) is 10.9 Å². The number of carboxylic acid groups (broad SMARTS) is 2. The number of allylic oxidation sites excluding steroid dienone is 1. The minimum absolute atomic E-state index is 0.0437. The van der Waals surface area contributed by atoms with E-state index in [2.05, 4.69) is 9.98 Å². The summed E-state index contributed by atoms with van der Waals surface area (Å²) in [7, 11) is 0. The van der Waals surface area contributed by atoms with Crippen LogP contribution in [0.5, 0.6) is 0 Å². The maximum atomic E-state index is 11.8. The molecule has 0 spiro atoms. The van der Waals surface area contributed by atoms with Crippen molar-refractivity contribution in [2.75, 3.05) is 0 Å². The van der Waals surface area contributed by atoms with Crippen LogP contribution in [-0.2, 0) is 9.59 Å². The lowest BCUT2D eigenvalue weighted by molar-refractivity contribution is -0.140. The van der Waals surface area contributed by atoms with Gasteiger partial charge in [-0.2, -0.15) is 0 Å². The molecule has 3 rings (SSSR count). The monoisotopic (exact) mass is 344 g/mol. The largest absolute Gasteiger partial charge is 0.481 e. The van der Waals surface area contributed by atoms with E-state index in [-0.39, 0.29) is 5.57 Å². The van der Waals surface area contributed by atoms with Crippen molar-refractivity contribution >= 4 is 39.1 Å². The number of hydrogen-bond acceptors (Lipinski definition) is 5. The molecule has 0 amide bonds. The zero-order valence-corrected chi connectivity index (χ0v) is 14.2. The van der Waals surface area contributed by atoms with Crippen LogP contribution in [0.1, 0.15) is 31.0 Å². The molecule has 6 nitrogen and oxygen atoms in total. The molecule has 2 aromatic heterocycles. The fourth-order valence-electron chi connectivity index (χ4n) is 3.33. The van der Waals surface area contributed by atoms with Gasteiger partial charge in [0.05, 0.1) is 16.0 Å². The van der Waals surface area contributed by atoms with E-state index >= 15 is 0 Å². The number of aromatic nitrogens is 1. The van der Waals surface area contributed by atoms with Crippen LogP contribution in [0.25, 0.3) is 10.1 Å². The van der Waals surface area contributed by atoms with Gasteiger partial charge >= 0.3 is 11.9 Å². The molecule has 0 saturated heterocycles. The number of aliphatic imine (C=N–C) groups is 1. The van der Waals surface area contributed by atoms with Gasteiger partial charge in [-0.05, 0) is 43.2 Å². The average molecular weight is 344 g/mol. The van der Waals surface area contributed by atoms with Gasteiger partial charge in [0.1, 0.15) is 5.92 Å². The quantitative estimate of drug-likeness (QED) is 0.890. The first kappa shape index (κ1) is 16.3. The maximum Gasteiger partial charge on any atom is 0.334 e. The zero-order valence-electron chi connectivity index (χ0n) is 13.4. The highest BCUT2D eigenvalue weighted by Crippen LogP contribution is 2.43. The van der Waals surface area contributed by atoms with Crippen molar-refractivity contribution in [1.29, 1.82) is 0 Å². The topological polar surface area (TPSA) is 99.9 Å². The third-order valence-electron chi connectivity index (χ3n) is 4.36. The smallest absolute Gasteiger partial charge is 0.334 e. The number of pyridine rings is 1. The Morgan fingerprint density at radius 3 is 2.54 bits per heavy atom. The SMILES string of the molecule is CC1=NC(C)=C(C(=O)O)C(c2csc3c(C)nccc23)C1C(=O)O. The van der Waals surface area contributed by atoms with Gasteiger partial charge in [0, 0.05) is 23.5 Å². The molecule has 7 heteroatoms. The molecule has 0 fully saturated rings. The summed E-state index contributed by atoms with van der Waals surface area (Å²) in [5, 5.41) is 22.0. The van der Waals surface area contributed by atoms with Crippen LogP contribution in [0.2, 0.25) is 0 Å². The normalized spacial score (nSPS) is 21.0. The molecule has 0 radical (unpaired) electrons. The van der Waals surface area contributed by atoms with Crippen LogP contribution in [0.15, 0.2) is 33.9 Å². The molecule has 2 unspecified atom stereocenters. The van der Waals surface area contributed by atoms with E-state index < -0.39 is 23.8 Å². The minimum atomic E-state index is -1.13. The fraction of sp³-hybridized carbons (Fsp3) is 0.294. The number of aliphatic carboxylic acids is 2. The maximum absolute atomic E-state index is 11.8. The molecule has 0 bridgehead atoms. The predicted octanol–water partition coefficient (Wildman–Crippen LogP) is 3.22. The average Bonchev–Trinajstić information content (AvgIpc) is 2.90. The summed E-state index contributed by atoms with van der Waals surface area (Å²) in [5.41, 5.74) is 2.36. The predicted molar refractivity (Wildman–Crippen MR) is 91.7 cm³/mol. The Kier molecular flexibility index (Phi) is 3.96. The van der Waals surface area contributed by atoms with Crippen LogP contribution in [0, 0.1) is 12.8 Å². The van der Waals surface area contributed by atoms with Crippen molar-refractivity contribution in [3.63, 3.8) is 0 Å². The number of carbonyl (C=O) groups is 2. The minimum Gasteiger partial charge on any atom is -0.481 e. The van der Waals surface area contributed by atoms with Gasteiger partial charge in [0.25, 0.3) is 0 Å². The second-order valence-electron chi connectivity index (χ2n) is 5.82.